The standard InChI is InChI=1S/C32H42N2O6/c1-4-5-6-19-39-26-11-7-24(8-12-26)29-28(30(35)25-9-13-27(14-10-25)40-22-23(2)3)31(36)32(37)34(29)16-15-33-17-20-38-21-18-33/h7-14,23,29,35H,4-6,15-22H2,1-3H3/b30-28+. The molecule has 0 aromatic heterocycles. The maximum atomic E-state index is 13.4. The Balaban J connectivity index is 1.62. The molecular weight excluding hydrogens is 508 g/mol. The van der Waals surface area contributed by atoms with Gasteiger partial charge in [-0.1, -0.05) is 45.7 Å². The van der Waals surface area contributed by atoms with E-state index in [4.69, 9.17) is 14.2 Å². The van der Waals surface area contributed by atoms with Crippen molar-refractivity contribution < 1.29 is 28.9 Å². The van der Waals surface area contributed by atoms with Gasteiger partial charge in [-0.3, -0.25) is 14.5 Å². The minimum absolute atomic E-state index is 0.0967. The van der Waals surface area contributed by atoms with Crippen LogP contribution in [0.2, 0.25) is 0 Å². The van der Waals surface area contributed by atoms with Crippen LogP contribution in [-0.2, 0) is 14.3 Å². The molecule has 2 aliphatic heterocycles. The fourth-order valence-electron chi connectivity index (χ4n) is 4.95. The summed E-state index contributed by atoms with van der Waals surface area (Å²) in [4.78, 5) is 30.5. The number of morpholine rings is 1. The first-order valence-electron chi connectivity index (χ1n) is 14.4. The minimum atomic E-state index is -0.702. The summed E-state index contributed by atoms with van der Waals surface area (Å²) < 4.78 is 17.1. The number of carbonyl (C=O) groups is 2. The number of benzene rings is 2. The first kappa shape index (κ1) is 29.6. The van der Waals surface area contributed by atoms with E-state index >= 15 is 0 Å². The number of rotatable bonds is 13. The third-order valence-electron chi connectivity index (χ3n) is 7.22. The molecule has 0 radical (unpaired) electrons. The van der Waals surface area contributed by atoms with Crippen molar-refractivity contribution in [3.8, 4) is 11.5 Å². The van der Waals surface area contributed by atoms with Gasteiger partial charge in [-0.15, -0.1) is 0 Å². The molecule has 1 amide bonds. The number of unbranched alkanes of at least 4 members (excludes halogenated alkanes) is 2. The number of aliphatic hydroxyl groups is 1. The molecule has 1 atom stereocenters. The predicted octanol–water partition coefficient (Wildman–Crippen LogP) is 5.04. The molecule has 2 saturated heterocycles. The smallest absolute Gasteiger partial charge is 0.295 e. The van der Waals surface area contributed by atoms with Crippen LogP contribution in [-0.4, -0.2) is 79.2 Å². The number of amides is 1. The molecule has 2 aliphatic rings. The van der Waals surface area contributed by atoms with Gasteiger partial charge >= 0.3 is 0 Å². The zero-order valence-electron chi connectivity index (χ0n) is 23.9. The van der Waals surface area contributed by atoms with Crippen LogP contribution in [0.3, 0.4) is 0 Å². The SMILES string of the molecule is CCCCCOc1ccc(C2/C(=C(\O)c3ccc(OCC(C)C)cc3)C(=O)C(=O)N2CCN2CCOCC2)cc1. The number of hydrogen-bond donors (Lipinski definition) is 1. The third kappa shape index (κ3) is 7.43. The highest BCUT2D eigenvalue weighted by atomic mass is 16.5. The second-order valence-corrected chi connectivity index (χ2v) is 10.8. The first-order chi connectivity index (χ1) is 19.4. The second-order valence-electron chi connectivity index (χ2n) is 10.8. The Hall–Kier alpha value is -3.36. The van der Waals surface area contributed by atoms with Crippen molar-refractivity contribution in [1.29, 1.82) is 0 Å². The summed E-state index contributed by atoms with van der Waals surface area (Å²) >= 11 is 0. The van der Waals surface area contributed by atoms with Gasteiger partial charge in [0, 0.05) is 31.7 Å². The van der Waals surface area contributed by atoms with E-state index in [0.717, 1.165) is 43.7 Å². The Morgan fingerprint density at radius 2 is 1.60 bits per heavy atom. The summed E-state index contributed by atoms with van der Waals surface area (Å²) in [5.41, 5.74) is 1.31. The number of nitrogens with zero attached hydrogens (tertiary/aromatic N) is 2. The fourth-order valence-corrected chi connectivity index (χ4v) is 4.95. The van der Waals surface area contributed by atoms with Crippen molar-refractivity contribution >= 4 is 17.4 Å². The summed E-state index contributed by atoms with van der Waals surface area (Å²) in [5, 5.41) is 11.4. The van der Waals surface area contributed by atoms with Crippen LogP contribution in [0.15, 0.2) is 54.1 Å². The van der Waals surface area contributed by atoms with Crippen molar-refractivity contribution in [3.05, 3.63) is 65.2 Å². The summed E-state index contributed by atoms with van der Waals surface area (Å²) in [6, 6.07) is 13.8. The Kier molecular flexibility index (Phi) is 10.6. The van der Waals surface area contributed by atoms with Gasteiger partial charge in [0.25, 0.3) is 11.7 Å². The molecule has 0 spiro atoms. The summed E-state index contributed by atoms with van der Waals surface area (Å²) in [7, 11) is 0. The van der Waals surface area contributed by atoms with Crippen molar-refractivity contribution in [2.45, 2.75) is 46.1 Å². The maximum Gasteiger partial charge on any atom is 0.295 e. The lowest BCUT2D eigenvalue weighted by Gasteiger charge is -2.31. The number of ether oxygens (including phenoxy) is 3. The van der Waals surface area contributed by atoms with Crippen LogP contribution < -0.4 is 9.47 Å². The molecule has 8 nitrogen and oxygen atoms in total. The van der Waals surface area contributed by atoms with Gasteiger partial charge < -0.3 is 24.2 Å². The van der Waals surface area contributed by atoms with Crippen LogP contribution in [0.1, 0.15) is 57.2 Å². The Labute approximate surface area is 237 Å². The van der Waals surface area contributed by atoms with Gasteiger partial charge in [-0.05, 0) is 54.3 Å². The molecule has 216 valence electrons. The van der Waals surface area contributed by atoms with Crippen LogP contribution >= 0.6 is 0 Å². The normalized spacial score (nSPS) is 19.4. The summed E-state index contributed by atoms with van der Waals surface area (Å²) in [5.74, 6) is 0.340. The molecule has 2 fully saturated rings. The molecule has 4 rings (SSSR count). The minimum Gasteiger partial charge on any atom is -0.507 e. The van der Waals surface area contributed by atoms with Gasteiger partial charge in [0.2, 0.25) is 0 Å². The van der Waals surface area contributed by atoms with Gasteiger partial charge in [-0.2, -0.15) is 0 Å². The number of carbonyl (C=O) groups excluding carboxylic acids is 2. The Morgan fingerprint density at radius 1 is 0.950 bits per heavy atom. The van der Waals surface area contributed by atoms with Crippen molar-refractivity contribution in [2.75, 3.05) is 52.6 Å². The highest BCUT2D eigenvalue weighted by Crippen LogP contribution is 2.40. The molecule has 0 bridgehead atoms. The number of Topliss-reactive ketones (excluding diaryl/α,β-unsaturated/α-hetero) is 1. The zero-order valence-corrected chi connectivity index (χ0v) is 23.9. The number of aliphatic hydroxyl groups excluding tert-OH is 1. The van der Waals surface area contributed by atoms with E-state index in [1.807, 2.05) is 24.3 Å². The van der Waals surface area contributed by atoms with E-state index in [-0.39, 0.29) is 11.3 Å². The van der Waals surface area contributed by atoms with Crippen LogP contribution in [0.4, 0.5) is 0 Å². The van der Waals surface area contributed by atoms with Crippen LogP contribution in [0.25, 0.3) is 5.76 Å². The molecule has 1 unspecified atom stereocenters. The number of hydrogen-bond acceptors (Lipinski definition) is 7. The lowest BCUT2D eigenvalue weighted by Crippen LogP contribution is -2.42. The summed E-state index contributed by atoms with van der Waals surface area (Å²) in [6.07, 6.45) is 3.22. The monoisotopic (exact) mass is 550 g/mol. The third-order valence-corrected chi connectivity index (χ3v) is 7.22. The topological polar surface area (TPSA) is 88.5 Å². The van der Waals surface area contributed by atoms with Crippen LogP contribution in [0.5, 0.6) is 11.5 Å². The van der Waals surface area contributed by atoms with Gasteiger partial charge in [0.05, 0.1) is 38.0 Å². The zero-order chi connectivity index (χ0) is 28.5. The van der Waals surface area contributed by atoms with Gasteiger partial charge in [0.15, 0.2) is 0 Å². The van der Waals surface area contributed by atoms with E-state index in [1.165, 1.54) is 0 Å². The highest BCUT2D eigenvalue weighted by Gasteiger charge is 2.46. The number of ketones is 1. The van der Waals surface area contributed by atoms with Crippen molar-refractivity contribution in [2.24, 2.45) is 5.92 Å². The molecule has 0 saturated carbocycles. The number of likely N-dealkylation sites (tertiary alicyclic amines) is 1. The van der Waals surface area contributed by atoms with Gasteiger partial charge in [0.1, 0.15) is 17.3 Å². The molecule has 1 N–H and O–H groups in total. The van der Waals surface area contributed by atoms with E-state index in [0.29, 0.717) is 56.7 Å². The van der Waals surface area contributed by atoms with E-state index in [2.05, 4.69) is 25.7 Å². The van der Waals surface area contributed by atoms with E-state index in [9.17, 15) is 14.7 Å². The lowest BCUT2D eigenvalue weighted by atomic mass is 9.95. The molecule has 2 aromatic carbocycles. The molecule has 2 aromatic rings. The van der Waals surface area contributed by atoms with E-state index < -0.39 is 17.7 Å². The Morgan fingerprint density at radius 3 is 2.25 bits per heavy atom. The maximum absolute atomic E-state index is 13.4. The Bertz CT molecular complexity index is 1150. The quantitative estimate of drug-likeness (QED) is 0.162. The van der Waals surface area contributed by atoms with Crippen molar-refractivity contribution in [3.63, 3.8) is 0 Å². The molecule has 2 heterocycles. The first-order valence-corrected chi connectivity index (χ1v) is 14.4. The molecule has 40 heavy (non-hydrogen) atoms. The fraction of sp³-hybridized carbons (Fsp3) is 0.500. The molecule has 0 aliphatic carbocycles. The van der Waals surface area contributed by atoms with Crippen molar-refractivity contribution in [1.82, 2.24) is 9.80 Å². The molecule has 8 heteroatoms. The second kappa shape index (κ2) is 14.3. The summed E-state index contributed by atoms with van der Waals surface area (Å²) in [6.45, 7) is 11.4. The largest absolute Gasteiger partial charge is 0.507 e. The lowest BCUT2D eigenvalue weighted by molar-refractivity contribution is -0.140. The highest BCUT2D eigenvalue weighted by molar-refractivity contribution is 6.46. The predicted molar refractivity (Wildman–Crippen MR) is 155 cm³/mol. The average molecular weight is 551 g/mol. The van der Waals surface area contributed by atoms with Gasteiger partial charge in [-0.25, -0.2) is 0 Å². The van der Waals surface area contributed by atoms with Crippen LogP contribution in [0, 0.1) is 5.92 Å². The average Bonchev–Trinajstić information content (AvgIpc) is 3.23. The van der Waals surface area contributed by atoms with E-state index in [1.54, 1.807) is 29.2 Å². The molecular formula is C32H42N2O6.